The molecule has 5 nitrogen and oxygen atoms in total. The minimum absolute atomic E-state index is 0.289. The number of piperazine rings is 1. The van der Waals surface area contributed by atoms with Crippen molar-refractivity contribution in [3.8, 4) is 0 Å². The second-order valence-electron chi connectivity index (χ2n) is 4.91. The van der Waals surface area contributed by atoms with Gasteiger partial charge in [-0.15, -0.1) is 0 Å². The molecule has 2 aliphatic rings. The number of nitrogens with zero attached hydrogens (tertiary/aromatic N) is 3. The molecule has 0 radical (unpaired) electrons. The number of nitrogens with one attached hydrogen (secondary N) is 1. The Balaban J connectivity index is 1.73. The number of amides is 1. The Kier molecular flexibility index (Phi) is 4.77. The van der Waals surface area contributed by atoms with Gasteiger partial charge < -0.3 is 15.1 Å². The van der Waals surface area contributed by atoms with Gasteiger partial charge in [-0.05, 0) is 25.1 Å². The Hall–Kier alpha value is -0.880. The summed E-state index contributed by atoms with van der Waals surface area (Å²) < 4.78 is 0. The summed E-state index contributed by atoms with van der Waals surface area (Å²) in [5.74, 6) is 0.289. The van der Waals surface area contributed by atoms with Crippen LogP contribution in [0.1, 0.15) is 12.8 Å². The lowest BCUT2D eigenvalue weighted by molar-refractivity contribution is -0.131. The molecule has 6 heteroatoms. The van der Waals surface area contributed by atoms with Gasteiger partial charge in [0.2, 0.25) is 5.91 Å². The van der Waals surface area contributed by atoms with Crippen LogP contribution < -0.4 is 5.32 Å². The molecule has 2 saturated heterocycles. The normalized spacial score (nSPS) is 21.2. The number of carbonyl (C=O) groups excluding carboxylic acids is 1. The van der Waals surface area contributed by atoms with E-state index in [-0.39, 0.29) is 5.91 Å². The largest absolute Gasteiger partial charge is 0.366 e. The van der Waals surface area contributed by atoms with Gasteiger partial charge in [-0.25, -0.2) is 0 Å². The summed E-state index contributed by atoms with van der Waals surface area (Å²) >= 11 is 5.21. The lowest BCUT2D eigenvalue weighted by Crippen LogP contribution is -2.53. The molecule has 0 aromatic heterocycles. The van der Waals surface area contributed by atoms with E-state index in [1.165, 1.54) is 0 Å². The maximum atomic E-state index is 12.0. The second kappa shape index (κ2) is 6.33. The number of carbonyl (C=O) groups is 1. The third-order valence-corrected chi connectivity index (χ3v) is 4.15. The topological polar surface area (TPSA) is 38.8 Å². The summed E-state index contributed by atoms with van der Waals surface area (Å²) in [7, 11) is 1.85. The third kappa shape index (κ3) is 3.32. The van der Waals surface area contributed by atoms with Crippen LogP contribution in [0.3, 0.4) is 0 Å². The van der Waals surface area contributed by atoms with Gasteiger partial charge >= 0.3 is 0 Å². The smallest absolute Gasteiger partial charge is 0.236 e. The molecule has 1 N–H and O–H groups in total. The van der Waals surface area contributed by atoms with Gasteiger partial charge in [-0.2, -0.15) is 0 Å². The van der Waals surface area contributed by atoms with Gasteiger partial charge in [0, 0.05) is 46.3 Å². The Bertz CT molecular complexity index is 309. The maximum absolute atomic E-state index is 12.0. The first kappa shape index (κ1) is 13.5. The van der Waals surface area contributed by atoms with E-state index in [9.17, 15) is 4.79 Å². The first-order chi connectivity index (χ1) is 8.70. The van der Waals surface area contributed by atoms with Gasteiger partial charge in [-0.1, -0.05) is 0 Å². The van der Waals surface area contributed by atoms with E-state index < -0.39 is 0 Å². The molecule has 0 aromatic rings. The summed E-state index contributed by atoms with van der Waals surface area (Å²) in [5, 5.41) is 3.80. The molecule has 18 heavy (non-hydrogen) atoms. The van der Waals surface area contributed by atoms with Crippen LogP contribution in [0.25, 0.3) is 0 Å². The van der Waals surface area contributed by atoms with Crippen molar-refractivity contribution >= 4 is 23.2 Å². The average molecular weight is 270 g/mol. The van der Waals surface area contributed by atoms with Crippen molar-refractivity contribution in [1.29, 1.82) is 0 Å². The molecule has 2 aliphatic heterocycles. The predicted octanol–water partition coefficient (Wildman–Crippen LogP) is -0.269. The molecule has 1 amide bonds. The van der Waals surface area contributed by atoms with Crippen molar-refractivity contribution in [2.75, 3.05) is 52.9 Å². The molecule has 2 fully saturated rings. The quantitative estimate of drug-likeness (QED) is 0.700. The van der Waals surface area contributed by atoms with Crippen molar-refractivity contribution in [3.63, 3.8) is 0 Å². The first-order valence-corrected chi connectivity index (χ1v) is 7.08. The molecule has 0 spiro atoms. The monoisotopic (exact) mass is 270 g/mol. The van der Waals surface area contributed by atoms with Crippen LogP contribution in [0.15, 0.2) is 0 Å². The summed E-state index contributed by atoms with van der Waals surface area (Å²) in [4.78, 5) is 18.4. The van der Waals surface area contributed by atoms with Gasteiger partial charge in [0.1, 0.15) is 0 Å². The highest BCUT2D eigenvalue weighted by molar-refractivity contribution is 7.80. The number of rotatable bonds is 2. The average Bonchev–Trinajstić information content (AvgIpc) is 2.92. The Morgan fingerprint density at radius 1 is 1.06 bits per heavy atom. The number of likely N-dealkylation sites (tertiary alicyclic amines) is 1. The number of thiocarbonyl (C=S) groups is 1. The van der Waals surface area contributed by atoms with Crippen molar-refractivity contribution in [1.82, 2.24) is 20.0 Å². The van der Waals surface area contributed by atoms with E-state index in [0.29, 0.717) is 6.54 Å². The highest BCUT2D eigenvalue weighted by Crippen LogP contribution is 2.09. The lowest BCUT2D eigenvalue weighted by atomic mass is 10.3. The summed E-state index contributed by atoms with van der Waals surface area (Å²) in [6.07, 6.45) is 2.33. The van der Waals surface area contributed by atoms with Gasteiger partial charge in [0.25, 0.3) is 0 Å². The molecule has 0 aliphatic carbocycles. The molecule has 102 valence electrons. The van der Waals surface area contributed by atoms with Crippen LogP contribution in [0.2, 0.25) is 0 Å². The number of hydrogen-bond acceptors (Lipinski definition) is 3. The molecular formula is C12H22N4OS. The molecule has 0 bridgehead atoms. The summed E-state index contributed by atoms with van der Waals surface area (Å²) in [6.45, 7) is 6.12. The van der Waals surface area contributed by atoms with Crippen molar-refractivity contribution in [3.05, 3.63) is 0 Å². The third-order valence-electron chi connectivity index (χ3n) is 3.69. The van der Waals surface area contributed by atoms with E-state index in [2.05, 4.69) is 15.1 Å². The van der Waals surface area contributed by atoms with E-state index in [4.69, 9.17) is 12.2 Å². The van der Waals surface area contributed by atoms with Crippen LogP contribution in [0.4, 0.5) is 0 Å². The van der Waals surface area contributed by atoms with E-state index in [1.54, 1.807) is 0 Å². The van der Waals surface area contributed by atoms with E-state index in [1.807, 2.05) is 11.9 Å². The number of hydrogen-bond donors (Lipinski definition) is 1. The summed E-state index contributed by atoms with van der Waals surface area (Å²) in [6, 6.07) is 0. The van der Waals surface area contributed by atoms with Crippen LogP contribution in [0, 0.1) is 0 Å². The van der Waals surface area contributed by atoms with Crippen LogP contribution >= 0.6 is 12.2 Å². The zero-order chi connectivity index (χ0) is 13.0. The predicted molar refractivity (Wildman–Crippen MR) is 75.5 cm³/mol. The molecule has 0 aromatic carbocycles. The standard InChI is InChI=1S/C12H22N4OS/c1-13-12(18)16-8-6-14(7-9-16)10-11(17)15-4-2-3-5-15/h2-10H2,1H3,(H,13,18). The minimum Gasteiger partial charge on any atom is -0.366 e. The van der Waals surface area contributed by atoms with Crippen molar-refractivity contribution in [2.45, 2.75) is 12.8 Å². The van der Waals surface area contributed by atoms with Crippen LogP contribution in [-0.2, 0) is 4.79 Å². The second-order valence-corrected chi connectivity index (χ2v) is 5.29. The van der Waals surface area contributed by atoms with Crippen LogP contribution in [-0.4, -0.2) is 78.6 Å². The molecule has 2 rings (SSSR count). The molecule has 0 atom stereocenters. The van der Waals surface area contributed by atoms with Gasteiger partial charge in [-0.3, -0.25) is 9.69 Å². The highest BCUT2D eigenvalue weighted by Gasteiger charge is 2.23. The highest BCUT2D eigenvalue weighted by atomic mass is 32.1. The lowest BCUT2D eigenvalue weighted by Gasteiger charge is -2.36. The zero-order valence-electron chi connectivity index (χ0n) is 11.0. The minimum atomic E-state index is 0.289. The van der Waals surface area contributed by atoms with E-state index >= 15 is 0 Å². The fourth-order valence-corrected chi connectivity index (χ4v) is 2.71. The Morgan fingerprint density at radius 2 is 1.67 bits per heavy atom. The SMILES string of the molecule is CNC(=S)N1CCN(CC(=O)N2CCCC2)CC1. The fraction of sp³-hybridized carbons (Fsp3) is 0.833. The van der Waals surface area contributed by atoms with Gasteiger partial charge in [0.15, 0.2) is 5.11 Å². The Morgan fingerprint density at radius 3 is 2.22 bits per heavy atom. The van der Waals surface area contributed by atoms with Crippen molar-refractivity contribution < 1.29 is 4.79 Å². The van der Waals surface area contributed by atoms with Crippen LogP contribution in [0.5, 0.6) is 0 Å². The fourth-order valence-electron chi connectivity index (χ4n) is 2.53. The molecule has 0 saturated carbocycles. The molecule has 0 unspecified atom stereocenters. The Labute approximate surface area is 114 Å². The molecule has 2 heterocycles. The van der Waals surface area contributed by atoms with Crippen molar-refractivity contribution in [2.24, 2.45) is 0 Å². The summed E-state index contributed by atoms with van der Waals surface area (Å²) in [5.41, 5.74) is 0. The van der Waals surface area contributed by atoms with Gasteiger partial charge in [0.05, 0.1) is 6.54 Å². The first-order valence-electron chi connectivity index (χ1n) is 6.67. The molecular weight excluding hydrogens is 248 g/mol. The van der Waals surface area contributed by atoms with E-state index in [0.717, 1.165) is 57.2 Å². The maximum Gasteiger partial charge on any atom is 0.236 e. The zero-order valence-corrected chi connectivity index (χ0v) is 11.8.